The number of ether oxygens (including phenoxy) is 1. The SMILES string of the molecule is COC(=O)c1cc(SCCc2ccccc2)ccc1NS(=O)(=O)c1ccccc1. The first kappa shape index (κ1) is 21.0. The maximum absolute atomic E-state index is 12.6. The highest BCUT2D eigenvalue weighted by atomic mass is 32.2. The van der Waals surface area contributed by atoms with E-state index in [0.717, 1.165) is 17.1 Å². The van der Waals surface area contributed by atoms with Crippen molar-refractivity contribution in [2.75, 3.05) is 17.6 Å². The number of thioether (sulfide) groups is 1. The number of rotatable bonds is 8. The molecule has 0 fully saturated rings. The van der Waals surface area contributed by atoms with Crippen molar-refractivity contribution in [2.45, 2.75) is 16.2 Å². The number of carbonyl (C=O) groups is 1. The van der Waals surface area contributed by atoms with Gasteiger partial charge in [0.25, 0.3) is 10.0 Å². The largest absolute Gasteiger partial charge is 0.465 e. The minimum atomic E-state index is -3.81. The van der Waals surface area contributed by atoms with Crippen LogP contribution in [0, 0.1) is 0 Å². The first-order chi connectivity index (χ1) is 14.0. The molecule has 3 rings (SSSR count). The molecule has 0 heterocycles. The molecular weight excluding hydrogens is 406 g/mol. The van der Waals surface area contributed by atoms with Crippen molar-refractivity contribution in [3.05, 3.63) is 90.0 Å². The fourth-order valence-electron chi connectivity index (χ4n) is 2.72. The second-order valence-corrected chi connectivity index (χ2v) is 9.05. The highest BCUT2D eigenvalue weighted by Gasteiger charge is 2.19. The molecule has 7 heteroatoms. The normalized spacial score (nSPS) is 11.1. The Hall–Kier alpha value is -2.77. The van der Waals surface area contributed by atoms with Gasteiger partial charge in [-0.05, 0) is 42.3 Å². The molecule has 5 nitrogen and oxygen atoms in total. The van der Waals surface area contributed by atoms with Gasteiger partial charge in [0.15, 0.2) is 0 Å². The molecule has 1 N–H and O–H groups in total. The van der Waals surface area contributed by atoms with Gasteiger partial charge in [-0.3, -0.25) is 4.72 Å². The summed E-state index contributed by atoms with van der Waals surface area (Å²) in [5, 5.41) is 0. The Balaban J connectivity index is 1.78. The quantitative estimate of drug-likeness (QED) is 0.420. The smallest absolute Gasteiger partial charge is 0.340 e. The van der Waals surface area contributed by atoms with E-state index in [1.807, 2.05) is 18.2 Å². The van der Waals surface area contributed by atoms with Crippen LogP contribution in [-0.4, -0.2) is 27.2 Å². The predicted molar refractivity (Wildman–Crippen MR) is 116 cm³/mol. The molecule has 0 aliphatic heterocycles. The molecular formula is C22H21NO4S2. The number of benzene rings is 3. The van der Waals surface area contributed by atoms with Gasteiger partial charge in [0.05, 0.1) is 23.3 Å². The third kappa shape index (κ3) is 5.62. The molecule has 0 amide bonds. The first-order valence-corrected chi connectivity index (χ1v) is 11.4. The minimum absolute atomic E-state index is 0.122. The summed E-state index contributed by atoms with van der Waals surface area (Å²) in [7, 11) is -2.54. The van der Waals surface area contributed by atoms with Gasteiger partial charge in [0.2, 0.25) is 0 Å². The van der Waals surface area contributed by atoms with Crippen LogP contribution in [0.15, 0.2) is 88.7 Å². The highest BCUT2D eigenvalue weighted by molar-refractivity contribution is 7.99. The summed E-state index contributed by atoms with van der Waals surface area (Å²) in [6.07, 6.45) is 0.890. The topological polar surface area (TPSA) is 72.5 Å². The number of aryl methyl sites for hydroxylation is 1. The van der Waals surface area contributed by atoms with Gasteiger partial charge in [-0.1, -0.05) is 48.5 Å². The van der Waals surface area contributed by atoms with Crippen LogP contribution in [0.5, 0.6) is 0 Å². The van der Waals surface area contributed by atoms with Gasteiger partial charge in [-0.2, -0.15) is 0 Å². The number of sulfonamides is 1. The molecule has 0 atom stereocenters. The Morgan fingerprint density at radius 1 is 0.966 bits per heavy atom. The monoisotopic (exact) mass is 427 g/mol. The van der Waals surface area contributed by atoms with E-state index in [2.05, 4.69) is 16.9 Å². The van der Waals surface area contributed by atoms with Crippen molar-refractivity contribution in [3.63, 3.8) is 0 Å². The number of hydrogen-bond acceptors (Lipinski definition) is 5. The van der Waals surface area contributed by atoms with E-state index in [0.29, 0.717) is 0 Å². The van der Waals surface area contributed by atoms with Gasteiger partial charge < -0.3 is 4.74 Å². The van der Waals surface area contributed by atoms with Crippen LogP contribution in [0.2, 0.25) is 0 Å². The van der Waals surface area contributed by atoms with Crippen LogP contribution in [0.3, 0.4) is 0 Å². The summed E-state index contributed by atoms with van der Waals surface area (Å²) < 4.78 is 32.6. The van der Waals surface area contributed by atoms with Crippen molar-refractivity contribution in [1.82, 2.24) is 0 Å². The van der Waals surface area contributed by atoms with E-state index in [1.165, 1.54) is 24.8 Å². The van der Waals surface area contributed by atoms with Gasteiger partial charge in [0, 0.05) is 10.6 Å². The van der Waals surface area contributed by atoms with E-state index in [9.17, 15) is 13.2 Å². The fraction of sp³-hybridized carbons (Fsp3) is 0.136. The number of methoxy groups -OCH3 is 1. The Bertz CT molecular complexity index is 1070. The molecule has 0 aliphatic rings. The summed E-state index contributed by atoms with van der Waals surface area (Å²) in [6, 6.07) is 23.2. The van der Waals surface area contributed by atoms with Crippen LogP contribution >= 0.6 is 11.8 Å². The number of esters is 1. The van der Waals surface area contributed by atoms with Crippen LogP contribution in [0.25, 0.3) is 0 Å². The van der Waals surface area contributed by atoms with E-state index < -0.39 is 16.0 Å². The second kappa shape index (κ2) is 9.62. The molecule has 0 saturated carbocycles. The van der Waals surface area contributed by atoms with Gasteiger partial charge in [-0.15, -0.1) is 11.8 Å². The molecule has 0 saturated heterocycles. The van der Waals surface area contributed by atoms with Crippen molar-refractivity contribution >= 4 is 33.4 Å². The van der Waals surface area contributed by atoms with Crippen LogP contribution in [0.1, 0.15) is 15.9 Å². The molecule has 0 unspecified atom stereocenters. The van der Waals surface area contributed by atoms with E-state index >= 15 is 0 Å². The molecule has 0 bridgehead atoms. The molecule has 150 valence electrons. The lowest BCUT2D eigenvalue weighted by atomic mass is 10.2. The lowest BCUT2D eigenvalue weighted by molar-refractivity contribution is 0.0601. The summed E-state index contributed by atoms with van der Waals surface area (Å²) in [5.74, 6) is 0.237. The predicted octanol–water partition coefficient (Wildman–Crippen LogP) is 4.61. The second-order valence-electron chi connectivity index (χ2n) is 6.20. The average Bonchev–Trinajstić information content (AvgIpc) is 2.75. The van der Waals surface area contributed by atoms with Gasteiger partial charge in [-0.25, -0.2) is 13.2 Å². The van der Waals surface area contributed by atoms with Crippen molar-refractivity contribution in [1.29, 1.82) is 0 Å². The van der Waals surface area contributed by atoms with Crippen molar-refractivity contribution in [3.8, 4) is 0 Å². The summed E-state index contributed by atoms with van der Waals surface area (Å²) in [5.41, 5.74) is 1.60. The Morgan fingerprint density at radius 3 is 2.28 bits per heavy atom. The molecule has 3 aromatic rings. The molecule has 0 spiro atoms. The number of carbonyl (C=O) groups excluding carboxylic acids is 1. The third-order valence-corrected chi connectivity index (χ3v) is 6.57. The fourth-order valence-corrected chi connectivity index (χ4v) is 4.76. The Kier molecular flexibility index (Phi) is 6.95. The Morgan fingerprint density at radius 2 is 1.62 bits per heavy atom. The van der Waals surface area contributed by atoms with Crippen molar-refractivity contribution in [2.24, 2.45) is 0 Å². The average molecular weight is 428 g/mol. The number of anilines is 1. The van der Waals surface area contributed by atoms with Crippen molar-refractivity contribution < 1.29 is 17.9 Å². The lowest BCUT2D eigenvalue weighted by Gasteiger charge is -2.13. The molecule has 29 heavy (non-hydrogen) atoms. The van der Waals surface area contributed by atoms with Crippen LogP contribution in [0.4, 0.5) is 5.69 Å². The van der Waals surface area contributed by atoms with Gasteiger partial charge in [0.1, 0.15) is 0 Å². The lowest BCUT2D eigenvalue weighted by Crippen LogP contribution is -2.16. The standard InChI is InChI=1S/C22H21NO4S2/c1-27-22(24)20-16-18(28-15-14-17-8-4-2-5-9-17)12-13-21(20)23-29(25,26)19-10-6-3-7-11-19/h2-13,16,23H,14-15H2,1H3. The van der Waals surface area contributed by atoms with Crippen LogP contribution < -0.4 is 4.72 Å². The van der Waals surface area contributed by atoms with E-state index in [4.69, 9.17) is 4.74 Å². The summed E-state index contributed by atoms with van der Waals surface area (Å²) in [4.78, 5) is 13.2. The molecule has 0 radical (unpaired) electrons. The Labute approximate surface area is 175 Å². The highest BCUT2D eigenvalue weighted by Crippen LogP contribution is 2.27. The zero-order valence-corrected chi connectivity index (χ0v) is 17.5. The van der Waals surface area contributed by atoms with E-state index in [-0.39, 0.29) is 16.1 Å². The number of hydrogen-bond donors (Lipinski definition) is 1. The zero-order chi connectivity index (χ0) is 20.7. The first-order valence-electron chi connectivity index (χ1n) is 8.96. The molecule has 0 aromatic heterocycles. The molecule has 0 aliphatic carbocycles. The minimum Gasteiger partial charge on any atom is -0.465 e. The van der Waals surface area contributed by atoms with Crippen LogP contribution in [-0.2, 0) is 21.2 Å². The zero-order valence-electron chi connectivity index (χ0n) is 15.9. The van der Waals surface area contributed by atoms with Gasteiger partial charge >= 0.3 is 5.97 Å². The summed E-state index contributed by atoms with van der Waals surface area (Å²) in [6.45, 7) is 0. The van der Waals surface area contributed by atoms with E-state index in [1.54, 1.807) is 48.2 Å². The summed E-state index contributed by atoms with van der Waals surface area (Å²) >= 11 is 1.60. The number of nitrogens with one attached hydrogen (secondary N) is 1. The molecule has 3 aromatic carbocycles. The maximum Gasteiger partial charge on any atom is 0.340 e. The maximum atomic E-state index is 12.6. The third-order valence-electron chi connectivity index (χ3n) is 4.20.